The van der Waals surface area contributed by atoms with E-state index in [1.54, 1.807) is 13.0 Å². The van der Waals surface area contributed by atoms with Crippen LogP contribution in [0.5, 0.6) is 0 Å². The summed E-state index contributed by atoms with van der Waals surface area (Å²) in [5.41, 5.74) is 3.75. The first-order valence-corrected chi connectivity index (χ1v) is 5.18. The highest BCUT2D eigenvalue weighted by atomic mass is 19.4. The number of rotatable bonds is 2. The average Bonchev–Trinajstić information content (AvgIpc) is 2.73. The molecule has 19 heavy (non-hydrogen) atoms. The van der Waals surface area contributed by atoms with E-state index in [-0.39, 0.29) is 5.69 Å². The number of nitrogens with zero attached hydrogens (tertiary/aromatic N) is 3. The van der Waals surface area contributed by atoms with Crippen LogP contribution in [0.3, 0.4) is 0 Å². The smallest absolute Gasteiger partial charge is 0.365 e. The van der Waals surface area contributed by atoms with E-state index in [0.29, 0.717) is 10.2 Å². The summed E-state index contributed by atoms with van der Waals surface area (Å²) < 4.78 is 39.7. The lowest BCUT2D eigenvalue weighted by Gasteiger charge is -2.12. The van der Waals surface area contributed by atoms with Crippen molar-refractivity contribution >= 4 is 5.91 Å². The number of hydrogen-bond acceptors (Lipinski definition) is 3. The van der Waals surface area contributed by atoms with Crippen molar-refractivity contribution in [3.05, 3.63) is 41.5 Å². The molecule has 2 N–H and O–H groups in total. The predicted molar refractivity (Wildman–Crippen MR) is 59.6 cm³/mol. The Morgan fingerprint density at radius 2 is 2.05 bits per heavy atom. The van der Waals surface area contributed by atoms with Crippen LogP contribution in [0.15, 0.2) is 24.7 Å². The van der Waals surface area contributed by atoms with Gasteiger partial charge in [-0.15, -0.1) is 0 Å². The molecule has 0 aliphatic carbocycles. The molecule has 2 heterocycles. The largest absolute Gasteiger partial charge is 0.434 e. The second-order valence-electron chi connectivity index (χ2n) is 3.84. The minimum atomic E-state index is -4.75. The first-order valence-electron chi connectivity index (χ1n) is 5.18. The summed E-state index contributed by atoms with van der Waals surface area (Å²) in [7, 11) is 0. The van der Waals surface area contributed by atoms with Crippen LogP contribution in [0.1, 0.15) is 21.6 Å². The highest BCUT2D eigenvalue weighted by Gasteiger charge is 2.40. The number of primary amides is 1. The Hall–Kier alpha value is -2.38. The van der Waals surface area contributed by atoms with E-state index in [2.05, 4.69) is 10.1 Å². The topological polar surface area (TPSA) is 73.8 Å². The summed E-state index contributed by atoms with van der Waals surface area (Å²) in [5.74, 6) is -1.18. The lowest BCUT2D eigenvalue weighted by molar-refractivity contribution is -0.143. The standard InChI is InChI=1S/C11H9F3N4O/c1-6-2-3-16-5-8(6)18-9(11(12,13)14)7(4-17-18)10(15)19/h2-5H,1H3,(H2,15,19). The maximum Gasteiger partial charge on any atom is 0.434 e. The Kier molecular flexibility index (Phi) is 3.01. The molecule has 0 aliphatic rings. The quantitative estimate of drug-likeness (QED) is 0.902. The molecular formula is C11H9F3N4O. The highest BCUT2D eigenvalue weighted by Crippen LogP contribution is 2.33. The summed E-state index contributed by atoms with van der Waals surface area (Å²) in [6.07, 6.45) is -1.26. The summed E-state index contributed by atoms with van der Waals surface area (Å²) in [4.78, 5) is 14.8. The van der Waals surface area contributed by atoms with Gasteiger partial charge in [-0.1, -0.05) is 0 Å². The first kappa shape index (κ1) is 13.1. The first-order chi connectivity index (χ1) is 8.82. The molecular weight excluding hydrogens is 261 g/mol. The number of amides is 1. The molecule has 0 saturated heterocycles. The Morgan fingerprint density at radius 3 is 2.58 bits per heavy atom. The van der Waals surface area contributed by atoms with E-state index < -0.39 is 23.3 Å². The maximum absolute atomic E-state index is 13.0. The van der Waals surface area contributed by atoms with Gasteiger partial charge in [0.15, 0.2) is 5.69 Å². The van der Waals surface area contributed by atoms with Crippen molar-refractivity contribution in [1.82, 2.24) is 14.8 Å². The molecule has 0 bridgehead atoms. The van der Waals surface area contributed by atoms with E-state index in [1.807, 2.05) is 0 Å². The van der Waals surface area contributed by atoms with Gasteiger partial charge in [-0.05, 0) is 18.6 Å². The van der Waals surface area contributed by atoms with Gasteiger partial charge >= 0.3 is 6.18 Å². The summed E-state index contributed by atoms with van der Waals surface area (Å²) in [6.45, 7) is 1.61. The third-order valence-corrected chi connectivity index (χ3v) is 2.54. The number of carbonyl (C=O) groups is 1. The van der Waals surface area contributed by atoms with Gasteiger partial charge in [0.1, 0.15) is 0 Å². The molecule has 2 aromatic heterocycles. The summed E-state index contributed by atoms with van der Waals surface area (Å²) >= 11 is 0. The fraction of sp³-hybridized carbons (Fsp3) is 0.182. The molecule has 0 atom stereocenters. The van der Waals surface area contributed by atoms with Crippen LogP contribution in [-0.4, -0.2) is 20.7 Å². The Labute approximate surface area is 105 Å². The van der Waals surface area contributed by atoms with Crippen molar-refractivity contribution in [3.63, 3.8) is 0 Å². The fourth-order valence-electron chi connectivity index (χ4n) is 1.66. The van der Waals surface area contributed by atoms with E-state index in [0.717, 1.165) is 6.20 Å². The average molecular weight is 270 g/mol. The van der Waals surface area contributed by atoms with Gasteiger partial charge in [0.2, 0.25) is 0 Å². The maximum atomic E-state index is 13.0. The molecule has 0 aliphatic heterocycles. The number of aromatic nitrogens is 3. The molecule has 0 radical (unpaired) electrons. The van der Waals surface area contributed by atoms with Crippen molar-refractivity contribution < 1.29 is 18.0 Å². The van der Waals surface area contributed by atoms with Crippen molar-refractivity contribution in [3.8, 4) is 5.69 Å². The molecule has 2 aromatic rings. The normalized spacial score (nSPS) is 11.6. The van der Waals surface area contributed by atoms with Gasteiger partial charge in [0, 0.05) is 6.20 Å². The molecule has 2 rings (SSSR count). The van der Waals surface area contributed by atoms with Crippen molar-refractivity contribution in [2.75, 3.05) is 0 Å². The zero-order valence-electron chi connectivity index (χ0n) is 9.77. The van der Waals surface area contributed by atoms with Crippen LogP contribution in [0, 0.1) is 6.92 Å². The Morgan fingerprint density at radius 1 is 1.37 bits per heavy atom. The number of carbonyl (C=O) groups excluding carboxylic acids is 1. The predicted octanol–water partition coefficient (Wildman–Crippen LogP) is 1.69. The molecule has 0 unspecified atom stereocenters. The highest BCUT2D eigenvalue weighted by molar-refractivity contribution is 5.94. The van der Waals surface area contributed by atoms with Crippen molar-refractivity contribution in [1.29, 1.82) is 0 Å². The number of pyridine rings is 1. The fourth-order valence-corrected chi connectivity index (χ4v) is 1.66. The summed E-state index contributed by atoms with van der Waals surface area (Å²) in [6, 6.07) is 1.54. The van der Waals surface area contributed by atoms with Gasteiger partial charge in [0.05, 0.1) is 23.6 Å². The van der Waals surface area contributed by atoms with Gasteiger partial charge in [0.25, 0.3) is 5.91 Å². The van der Waals surface area contributed by atoms with Crippen molar-refractivity contribution in [2.24, 2.45) is 5.73 Å². The number of alkyl halides is 3. The molecule has 0 saturated carbocycles. The van der Waals surface area contributed by atoms with Crippen LogP contribution < -0.4 is 5.73 Å². The zero-order chi connectivity index (χ0) is 14.2. The molecule has 0 fully saturated rings. The number of aryl methyl sites for hydroxylation is 1. The van der Waals surface area contributed by atoms with Crippen LogP contribution >= 0.6 is 0 Å². The number of halogens is 3. The van der Waals surface area contributed by atoms with E-state index in [4.69, 9.17) is 5.73 Å². The molecule has 1 amide bonds. The van der Waals surface area contributed by atoms with Crippen LogP contribution in [0.4, 0.5) is 13.2 Å². The minimum Gasteiger partial charge on any atom is -0.365 e. The van der Waals surface area contributed by atoms with Crippen LogP contribution in [0.2, 0.25) is 0 Å². The molecule has 8 heteroatoms. The lowest BCUT2D eigenvalue weighted by Crippen LogP contribution is -2.21. The van der Waals surface area contributed by atoms with Gasteiger partial charge in [-0.25, -0.2) is 4.68 Å². The Bertz CT molecular complexity index is 633. The third kappa shape index (κ3) is 2.28. The minimum absolute atomic E-state index is 0.141. The SMILES string of the molecule is Cc1ccncc1-n1ncc(C(N)=O)c1C(F)(F)F. The van der Waals surface area contributed by atoms with Crippen LogP contribution in [0.25, 0.3) is 5.69 Å². The number of nitrogens with two attached hydrogens (primary N) is 1. The van der Waals surface area contributed by atoms with Gasteiger partial charge < -0.3 is 5.73 Å². The van der Waals surface area contributed by atoms with E-state index in [1.165, 1.54) is 12.4 Å². The number of hydrogen-bond donors (Lipinski definition) is 1. The van der Waals surface area contributed by atoms with E-state index >= 15 is 0 Å². The van der Waals surface area contributed by atoms with Gasteiger partial charge in [-0.2, -0.15) is 18.3 Å². The Balaban J connectivity index is 2.73. The molecule has 0 aromatic carbocycles. The monoisotopic (exact) mass is 270 g/mol. The lowest BCUT2D eigenvalue weighted by atomic mass is 10.2. The second-order valence-corrected chi connectivity index (χ2v) is 3.84. The van der Waals surface area contributed by atoms with E-state index in [9.17, 15) is 18.0 Å². The summed E-state index contributed by atoms with van der Waals surface area (Å²) in [5, 5.41) is 3.59. The molecule has 5 nitrogen and oxygen atoms in total. The second kappa shape index (κ2) is 4.38. The van der Waals surface area contributed by atoms with Crippen LogP contribution in [-0.2, 0) is 6.18 Å². The molecule has 100 valence electrons. The third-order valence-electron chi connectivity index (χ3n) is 2.54. The van der Waals surface area contributed by atoms with Crippen molar-refractivity contribution in [2.45, 2.75) is 13.1 Å². The zero-order valence-corrected chi connectivity index (χ0v) is 9.77. The molecule has 0 spiro atoms. The van der Waals surface area contributed by atoms with Gasteiger partial charge in [-0.3, -0.25) is 9.78 Å².